The maximum atomic E-state index is 13.2. The number of hydrogen-bond acceptors (Lipinski definition) is 3. The Bertz CT molecular complexity index is 708. The Hall–Kier alpha value is -2.28. The minimum Gasteiger partial charge on any atom is -0.496 e. The Labute approximate surface area is 141 Å². The number of carbonyl (C=O) groups excluding carboxylic acids is 1. The number of carbonyl (C=O) groups is 1. The summed E-state index contributed by atoms with van der Waals surface area (Å²) >= 11 is 5.60. The molecule has 1 aromatic heterocycles. The molecule has 24 heavy (non-hydrogen) atoms. The van der Waals surface area contributed by atoms with Gasteiger partial charge in [0.05, 0.1) is 19.2 Å². The van der Waals surface area contributed by atoms with E-state index in [1.54, 1.807) is 18.3 Å². The van der Waals surface area contributed by atoms with E-state index in [4.69, 9.17) is 16.3 Å². The molecule has 0 aliphatic carbocycles. The summed E-state index contributed by atoms with van der Waals surface area (Å²) in [7, 11) is 1.15. The molecule has 1 heterocycles. The van der Waals surface area contributed by atoms with Crippen LogP contribution in [-0.4, -0.2) is 23.9 Å². The van der Waals surface area contributed by atoms with Crippen LogP contribution in [0.1, 0.15) is 11.1 Å². The van der Waals surface area contributed by atoms with Gasteiger partial charge in [-0.25, -0.2) is 0 Å². The molecule has 0 saturated carbocycles. The topological polar surface area (TPSA) is 42.4 Å². The number of amides is 1. The van der Waals surface area contributed by atoms with Gasteiger partial charge in [0, 0.05) is 18.1 Å². The van der Waals surface area contributed by atoms with Crippen molar-refractivity contribution in [1.29, 1.82) is 0 Å². The van der Waals surface area contributed by atoms with E-state index in [1.807, 2.05) is 0 Å². The second-order valence-corrected chi connectivity index (χ2v) is 5.12. The Kier molecular flexibility index (Phi) is 5.66. The van der Waals surface area contributed by atoms with E-state index in [2.05, 4.69) is 4.98 Å². The number of nitrogens with zero attached hydrogens (tertiary/aromatic N) is 2. The number of methoxy groups -OCH3 is 1. The number of ether oxygens (including phenoxy) is 1. The fourth-order valence-corrected chi connectivity index (χ4v) is 2.30. The highest BCUT2D eigenvalue weighted by Crippen LogP contribution is 2.38. The maximum absolute atomic E-state index is 13.2. The molecule has 2 rings (SSSR count). The van der Waals surface area contributed by atoms with Gasteiger partial charge in [0.15, 0.2) is 0 Å². The number of halogens is 4. The van der Waals surface area contributed by atoms with E-state index in [0.717, 1.165) is 13.2 Å². The first-order chi connectivity index (χ1) is 11.4. The van der Waals surface area contributed by atoms with E-state index in [-0.39, 0.29) is 23.9 Å². The van der Waals surface area contributed by atoms with Crippen molar-refractivity contribution in [2.24, 2.45) is 0 Å². The molecule has 0 spiro atoms. The number of benzene rings is 1. The van der Waals surface area contributed by atoms with Crippen molar-refractivity contribution in [2.45, 2.75) is 12.7 Å². The van der Waals surface area contributed by atoms with Crippen LogP contribution < -0.4 is 9.64 Å². The van der Waals surface area contributed by atoms with E-state index in [1.165, 1.54) is 23.2 Å². The third kappa shape index (κ3) is 4.17. The first-order valence-electron chi connectivity index (χ1n) is 6.87. The highest BCUT2D eigenvalue weighted by molar-refractivity contribution is 6.29. The van der Waals surface area contributed by atoms with Crippen molar-refractivity contribution >= 4 is 23.2 Å². The zero-order chi connectivity index (χ0) is 17.7. The third-order valence-corrected chi connectivity index (χ3v) is 3.51. The van der Waals surface area contributed by atoms with Crippen molar-refractivity contribution in [1.82, 2.24) is 4.98 Å². The molecular weight excluding hydrogens is 345 g/mol. The van der Waals surface area contributed by atoms with Gasteiger partial charge in [-0.1, -0.05) is 6.07 Å². The van der Waals surface area contributed by atoms with Gasteiger partial charge >= 0.3 is 6.18 Å². The Morgan fingerprint density at radius 2 is 2.08 bits per heavy atom. The SMILES string of the molecule is COc1ccc(N(Cc2cccnc2)C(=O)CCl)cc1C(F)(F)F. The second-order valence-electron chi connectivity index (χ2n) is 4.86. The molecule has 1 amide bonds. The molecule has 0 fully saturated rings. The molecule has 0 aliphatic heterocycles. The molecule has 0 radical (unpaired) electrons. The van der Waals surface area contributed by atoms with Gasteiger partial charge in [0.25, 0.3) is 0 Å². The first-order valence-corrected chi connectivity index (χ1v) is 7.40. The fourth-order valence-electron chi connectivity index (χ4n) is 2.16. The number of hydrogen-bond donors (Lipinski definition) is 0. The van der Waals surface area contributed by atoms with E-state index in [9.17, 15) is 18.0 Å². The Morgan fingerprint density at radius 3 is 2.62 bits per heavy atom. The quantitative estimate of drug-likeness (QED) is 0.762. The summed E-state index contributed by atoms with van der Waals surface area (Å²) in [5.74, 6) is -1.18. The average molecular weight is 359 g/mol. The Balaban J connectivity index is 2.45. The van der Waals surface area contributed by atoms with Crippen LogP contribution in [0.3, 0.4) is 0 Å². The van der Waals surface area contributed by atoms with Crippen molar-refractivity contribution in [3.05, 3.63) is 53.9 Å². The highest BCUT2D eigenvalue weighted by atomic mass is 35.5. The maximum Gasteiger partial charge on any atom is 0.420 e. The molecule has 0 unspecified atom stereocenters. The first kappa shape index (κ1) is 18.1. The molecule has 2 aromatic rings. The van der Waals surface area contributed by atoms with Gasteiger partial charge in [-0.3, -0.25) is 9.78 Å². The summed E-state index contributed by atoms with van der Waals surface area (Å²) in [5.41, 5.74) is -0.209. The lowest BCUT2D eigenvalue weighted by Gasteiger charge is -2.23. The molecular formula is C16H14ClF3N2O2. The monoisotopic (exact) mass is 358 g/mol. The van der Waals surface area contributed by atoms with Crippen LogP contribution in [0.2, 0.25) is 0 Å². The van der Waals surface area contributed by atoms with Crippen molar-refractivity contribution in [3.63, 3.8) is 0 Å². The predicted molar refractivity (Wildman–Crippen MR) is 84.1 cm³/mol. The van der Waals surface area contributed by atoms with Crippen molar-refractivity contribution in [3.8, 4) is 5.75 Å². The third-order valence-electron chi connectivity index (χ3n) is 3.28. The van der Waals surface area contributed by atoms with Crippen LogP contribution in [0.4, 0.5) is 18.9 Å². The van der Waals surface area contributed by atoms with Crippen LogP contribution in [0, 0.1) is 0 Å². The molecule has 8 heteroatoms. The second kappa shape index (κ2) is 7.53. The normalized spacial score (nSPS) is 11.2. The standard InChI is InChI=1S/C16H14ClF3N2O2/c1-24-14-5-4-12(7-13(14)16(18,19)20)22(15(23)8-17)10-11-3-2-6-21-9-11/h2-7,9H,8,10H2,1H3. The minimum atomic E-state index is -4.61. The average Bonchev–Trinajstić information content (AvgIpc) is 2.58. The zero-order valence-electron chi connectivity index (χ0n) is 12.7. The summed E-state index contributed by atoms with van der Waals surface area (Å²) < 4.78 is 44.3. The van der Waals surface area contributed by atoms with Crippen LogP contribution in [0.5, 0.6) is 5.75 Å². The van der Waals surface area contributed by atoms with Crippen LogP contribution in [-0.2, 0) is 17.5 Å². The number of alkyl halides is 4. The lowest BCUT2D eigenvalue weighted by atomic mass is 10.1. The smallest absolute Gasteiger partial charge is 0.420 e. The summed E-state index contributed by atoms with van der Waals surface area (Å²) in [6.45, 7) is 0.0586. The highest BCUT2D eigenvalue weighted by Gasteiger charge is 2.35. The molecule has 0 saturated heterocycles. The van der Waals surface area contributed by atoms with E-state index in [0.29, 0.717) is 5.56 Å². The van der Waals surface area contributed by atoms with E-state index >= 15 is 0 Å². The molecule has 128 valence electrons. The largest absolute Gasteiger partial charge is 0.496 e. The van der Waals surface area contributed by atoms with Crippen LogP contribution >= 0.6 is 11.6 Å². The summed E-state index contributed by atoms with van der Waals surface area (Å²) in [5, 5.41) is 0. The van der Waals surface area contributed by atoms with Crippen molar-refractivity contribution < 1.29 is 22.7 Å². The van der Waals surface area contributed by atoms with E-state index < -0.39 is 17.6 Å². The van der Waals surface area contributed by atoms with Gasteiger partial charge in [-0.15, -0.1) is 11.6 Å². The van der Waals surface area contributed by atoms with Crippen LogP contribution in [0.25, 0.3) is 0 Å². The summed E-state index contributed by atoms with van der Waals surface area (Å²) in [4.78, 5) is 17.2. The number of aromatic nitrogens is 1. The zero-order valence-corrected chi connectivity index (χ0v) is 13.4. The number of pyridine rings is 1. The molecule has 1 aromatic carbocycles. The molecule has 4 nitrogen and oxygen atoms in total. The van der Waals surface area contributed by atoms with Gasteiger partial charge in [-0.2, -0.15) is 13.2 Å². The van der Waals surface area contributed by atoms with Crippen LogP contribution in [0.15, 0.2) is 42.7 Å². The Morgan fingerprint density at radius 1 is 1.33 bits per heavy atom. The van der Waals surface area contributed by atoms with Gasteiger partial charge in [0.1, 0.15) is 11.6 Å². The van der Waals surface area contributed by atoms with Gasteiger partial charge in [-0.05, 0) is 29.8 Å². The van der Waals surface area contributed by atoms with Gasteiger partial charge in [0.2, 0.25) is 5.91 Å². The summed E-state index contributed by atoms with van der Waals surface area (Å²) in [6, 6.07) is 6.83. The molecule has 0 bridgehead atoms. The lowest BCUT2D eigenvalue weighted by molar-refractivity contribution is -0.138. The molecule has 0 atom stereocenters. The van der Waals surface area contributed by atoms with Gasteiger partial charge < -0.3 is 9.64 Å². The summed E-state index contributed by atoms with van der Waals surface area (Å²) in [6.07, 6.45) is -1.51. The minimum absolute atomic E-state index is 0.0586. The van der Waals surface area contributed by atoms with Crippen molar-refractivity contribution in [2.75, 3.05) is 17.9 Å². The number of rotatable bonds is 5. The lowest BCUT2D eigenvalue weighted by Crippen LogP contribution is -2.31. The number of anilines is 1. The molecule has 0 aliphatic rings. The fraction of sp³-hybridized carbons (Fsp3) is 0.250. The predicted octanol–water partition coefficient (Wildman–Crippen LogP) is 3.88. The molecule has 0 N–H and O–H groups in total.